The number of benzene rings is 1. The summed E-state index contributed by atoms with van der Waals surface area (Å²) in [5.74, 6) is -1.23. The van der Waals surface area contributed by atoms with E-state index < -0.39 is 11.6 Å². The zero-order chi connectivity index (χ0) is 12.4. The van der Waals surface area contributed by atoms with Gasteiger partial charge in [0.05, 0.1) is 11.4 Å². The molecule has 17 heavy (non-hydrogen) atoms. The second-order valence-corrected chi connectivity index (χ2v) is 4.60. The van der Waals surface area contributed by atoms with E-state index in [1.165, 1.54) is 6.07 Å². The van der Waals surface area contributed by atoms with Gasteiger partial charge in [-0.1, -0.05) is 13.3 Å². The molecule has 0 unspecified atom stereocenters. The van der Waals surface area contributed by atoms with E-state index in [2.05, 4.69) is 6.92 Å². The lowest BCUT2D eigenvalue weighted by Gasteiger charge is -2.26. The lowest BCUT2D eigenvalue weighted by atomic mass is 10.2. The van der Waals surface area contributed by atoms with Gasteiger partial charge in [0.2, 0.25) is 0 Å². The molecule has 0 atom stereocenters. The summed E-state index contributed by atoms with van der Waals surface area (Å²) < 4.78 is 26.7. The van der Waals surface area contributed by atoms with Crippen molar-refractivity contribution in [3.63, 3.8) is 0 Å². The first kappa shape index (κ1) is 12.1. The predicted molar refractivity (Wildman–Crippen MR) is 66.0 cm³/mol. The maximum Gasteiger partial charge on any atom is 0.151 e. The molecule has 0 heterocycles. The molecule has 1 saturated carbocycles. The van der Waals surface area contributed by atoms with Crippen LogP contribution >= 0.6 is 0 Å². The molecule has 2 rings (SSSR count). The van der Waals surface area contributed by atoms with E-state index in [-0.39, 0.29) is 5.69 Å². The van der Waals surface area contributed by atoms with Crippen LogP contribution in [0.5, 0.6) is 0 Å². The third-order valence-electron chi connectivity index (χ3n) is 3.12. The van der Waals surface area contributed by atoms with Gasteiger partial charge in [0.25, 0.3) is 0 Å². The summed E-state index contributed by atoms with van der Waals surface area (Å²) in [5, 5.41) is 0. The molecule has 0 aromatic heterocycles. The molecule has 1 aliphatic carbocycles. The topological polar surface area (TPSA) is 29.3 Å². The third-order valence-corrected chi connectivity index (χ3v) is 3.12. The summed E-state index contributed by atoms with van der Waals surface area (Å²) in [6.07, 6.45) is 4.23. The first-order valence-corrected chi connectivity index (χ1v) is 6.14. The minimum Gasteiger partial charge on any atom is -0.395 e. The van der Waals surface area contributed by atoms with Gasteiger partial charge in [0.1, 0.15) is 5.82 Å². The summed E-state index contributed by atoms with van der Waals surface area (Å²) >= 11 is 0. The summed E-state index contributed by atoms with van der Waals surface area (Å²) in [5.41, 5.74) is 6.28. The van der Waals surface area contributed by atoms with Crippen molar-refractivity contribution in [2.45, 2.75) is 38.6 Å². The molecule has 0 aliphatic heterocycles. The molecule has 1 aromatic carbocycles. The SMILES string of the molecule is CCCCN(c1cc(F)cc(F)c1N)C1CC1. The van der Waals surface area contributed by atoms with E-state index in [0.717, 1.165) is 38.3 Å². The van der Waals surface area contributed by atoms with E-state index in [1.54, 1.807) is 0 Å². The Hall–Kier alpha value is -1.32. The lowest BCUT2D eigenvalue weighted by molar-refractivity contribution is 0.584. The van der Waals surface area contributed by atoms with Crippen molar-refractivity contribution in [3.05, 3.63) is 23.8 Å². The zero-order valence-corrected chi connectivity index (χ0v) is 10.0. The zero-order valence-electron chi connectivity index (χ0n) is 10.0. The number of anilines is 2. The standard InChI is InChI=1S/C13H18F2N2/c1-2-3-6-17(10-4-5-10)12-8-9(14)7-11(15)13(12)16/h7-8,10H,2-6,16H2,1H3. The Labute approximate surface area is 100 Å². The molecule has 1 aromatic rings. The van der Waals surface area contributed by atoms with Crippen LogP contribution in [-0.2, 0) is 0 Å². The maximum absolute atomic E-state index is 13.4. The van der Waals surface area contributed by atoms with Crippen LogP contribution < -0.4 is 10.6 Å². The Bertz CT molecular complexity index is 403. The molecule has 0 spiro atoms. The summed E-state index contributed by atoms with van der Waals surface area (Å²) in [6, 6.07) is 2.58. The second kappa shape index (κ2) is 4.90. The molecule has 4 heteroatoms. The smallest absolute Gasteiger partial charge is 0.151 e. The molecule has 94 valence electrons. The van der Waals surface area contributed by atoms with Crippen molar-refractivity contribution in [2.75, 3.05) is 17.2 Å². The van der Waals surface area contributed by atoms with Gasteiger partial charge in [-0.05, 0) is 25.3 Å². The van der Waals surface area contributed by atoms with Crippen molar-refractivity contribution in [3.8, 4) is 0 Å². The largest absolute Gasteiger partial charge is 0.395 e. The third kappa shape index (κ3) is 2.68. The highest BCUT2D eigenvalue weighted by Crippen LogP contribution is 2.36. The number of hydrogen-bond acceptors (Lipinski definition) is 2. The van der Waals surface area contributed by atoms with Crippen LogP contribution in [0, 0.1) is 11.6 Å². The Kier molecular flexibility index (Phi) is 3.50. The first-order valence-electron chi connectivity index (χ1n) is 6.14. The van der Waals surface area contributed by atoms with E-state index in [1.807, 2.05) is 4.90 Å². The van der Waals surface area contributed by atoms with Gasteiger partial charge in [0, 0.05) is 18.7 Å². The first-order chi connectivity index (χ1) is 8.13. The quantitative estimate of drug-likeness (QED) is 0.800. The highest BCUT2D eigenvalue weighted by Gasteiger charge is 2.30. The van der Waals surface area contributed by atoms with Gasteiger partial charge in [-0.3, -0.25) is 0 Å². The average molecular weight is 240 g/mol. The molecule has 1 aliphatic rings. The van der Waals surface area contributed by atoms with Gasteiger partial charge in [-0.15, -0.1) is 0 Å². The minimum absolute atomic E-state index is 0.0643. The molecule has 0 saturated heterocycles. The number of rotatable bonds is 5. The minimum atomic E-state index is -0.665. The van der Waals surface area contributed by atoms with Crippen LogP contribution in [0.15, 0.2) is 12.1 Å². The molecule has 2 nitrogen and oxygen atoms in total. The summed E-state index contributed by atoms with van der Waals surface area (Å²) in [4.78, 5) is 2.05. The van der Waals surface area contributed by atoms with Crippen LogP contribution in [0.2, 0.25) is 0 Å². The lowest BCUT2D eigenvalue weighted by Crippen LogP contribution is -2.28. The molecule has 0 radical (unpaired) electrons. The number of hydrogen-bond donors (Lipinski definition) is 1. The number of halogens is 2. The molecule has 0 amide bonds. The van der Waals surface area contributed by atoms with E-state index in [0.29, 0.717) is 11.7 Å². The molecular formula is C13H18F2N2. The second-order valence-electron chi connectivity index (χ2n) is 4.60. The maximum atomic E-state index is 13.4. The molecular weight excluding hydrogens is 222 g/mol. The Morgan fingerprint density at radius 2 is 2.06 bits per heavy atom. The summed E-state index contributed by atoms with van der Waals surface area (Å²) in [7, 11) is 0. The van der Waals surface area contributed by atoms with E-state index in [9.17, 15) is 8.78 Å². The van der Waals surface area contributed by atoms with Crippen LogP contribution in [-0.4, -0.2) is 12.6 Å². The number of unbranched alkanes of at least 4 members (excludes halogenated alkanes) is 1. The number of nitrogen functional groups attached to an aromatic ring is 1. The van der Waals surface area contributed by atoms with E-state index >= 15 is 0 Å². The molecule has 0 bridgehead atoms. The van der Waals surface area contributed by atoms with Crippen LogP contribution in [0.4, 0.5) is 20.2 Å². The van der Waals surface area contributed by atoms with Gasteiger partial charge < -0.3 is 10.6 Å². The van der Waals surface area contributed by atoms with Gasteiger partial charge in [-0.2, -0.15) is 0 Å². The number of nitrogens with zero attached hydrogens (tertiary/aromatic N) is 1. The van der Waals surface area contributed by atoms with Crippen molar-refractivity contribution in [1.29, 1.82) is 0 Å². The Balaban J connectivity index is 2.28. The summed E-state index contributed by atoms with van der Waals surface area (Å²) in [6.45, 7) is 2.91. The van der Waals surface area contributed by atoms with Crippen LogP contribution in [0.1, 0.15) is 32.6 Å². The van der Waals surface area contributed by atoms with Gasteiger partial charge >= 0.3 is 0 Å². The fourth-order valence-corrected chi connectivity index (χ4v) is 2.02. The monoisotopic (exact) mass is 240 g/mol. The predicted octanol–water partition coefficient (Wildman–Crippen LogP) is 3.32. The highest BCUT2D eigenvalue weighted by atomic mass is 19.1. The Morgan fingerprint density at radius 1 is 1.35 bits per heavy atom. The van der Waals surface area contributed by atoms with Crippen molar-refractivity contribution in [2.24, 2.45) is 0 Å². The number of nitrogens with two attached hydrogens (primary N) is 1. The normalized spacial score (nSPS) is 15.0. The average Bonchev–Trinajstić information content (AvgIpc) is 3.09. The Morgan fingerprint density at radius 3 is 2.65 bits per heavy atom. The highest BCUT2D eigenvalue weighted by molar-refractivity contribution is 5.69. The van der Waals surface area contributed by atoms with Crippen LogP contribution in [0.3, 0.4) is 0 Å². The van der Waals surface area contributed by atoms with Crippen molar-refractivity contribution >= 4 is 11.4 Å². The van der Waals surface area contributed by atoms with Crippen LogP contribution in [0.25, 0.3) is 0 Å². The fourth-order valence-electron chi connectivity index (χ4n) is 2.02. The van der Waals surface area contributed by atoms with Gasteiger partial charge in [-0.25, -0.2) is 8.78 Å². The molecule has 2 N–H and O–H groups in total. The van der Waals surface area contributed by atoms with Crippen molar-refractivity contribution in [1.82, 2.24) is 0 Å². The fraction of sp³-hybridized carbons (Fsp3) is 0.538. The molecule has 1 fully saturated rings. The van der Waals surface area contributed by atoms with Crippen molar-refractivity contribution < 1.29 is 8.78 Å². The van der Waals surface area contributed by atoms with E-state index in [4.69, 9.17) is 5.73 Å². The van der Waals surface area contributed by atoms with Gasteiger partial charge in [0.15, 0.2) is 5.82 Å².